The summed E-state index contributed by atoms with van der Waals surface area (Å²) in [7, 11) is 0. The first kappa shape index (κ1) is 7.54. The van der Waals surface area contributed by atoms with Crippen LogP contribution in [0.3, 0.4) is 0 Å². The molecule has 1 aliphatic rings. The van der Waals surface area contributed by atoms with Crippen molar-refractivity contribution in [3.8, 4) is 0 Å². The number of aromatic nitrogens is 3. The minimum absolute atomic E-state index is 0.276. The molecule has 1 fully saturated rings. The van der Waals surface area contributed by atoms with Crippen molar-refractivity contribution >= 4 is 0 Å². The van der Waals surface area contributed by atoms with Crippen LogP contribution in [0.5, 0.6) is 0 Å². The van der Waals surface area contributed by atoms with Gasteiger partial charge in [0.1, 0.15) is 0 Å². The van der Waals surface area contributed by atoms with E-state index in [1.54, 1.807) is 0 Å². The number of hydrogen-bond donors (Lipinski definition) is 3. The van der Waals surface area contributed by atoms with Gasteiger partial charge < -0.3 is 5.73 Å². The summed E-state index contributed by atoms with van der Waals surface area (Å²) in [4.78, 5) is 13.4. The second-order valence-electron chi connectivity index (χ2n) is 3.39. The molecule has 2 rings (SSSR count). The molecule has 5 nitrogen and oxygen atoms in total. The highest BCUT2D eigenvalue weighted by Gasteiger charge is 2.34. The fourth-order valence-electron chi connectivity index (χ4n) is 1.75. The lowest BCUT2D eigenvalue weighted by Crippen LogP contribution is -2.34. The zero-order chi connectivity index (χ0) is 8.60. The van der Waals surface area contributed by atoms with E-state index in [1.807, 2.05) is 0 Å². The van der Waals surface area contributed by atoms with Gasteiger partial charge in [0.25, 0.3) is 0 Å². The fraction of sp³-hybridized carbons (Fsp3) is 0.714. The molecule has 12 heavy (non-hydrogen) atoms. The Labute approximate surface area is 69.4 Å². The van der Waals surface area contributed by atoms with Crippen molar-refractivity contribution < 1.29 is 0 Å². The Bertz CT molecular complexity index is 320. The van der Waals surface area contributed by atoms with Crippen LogP contribution >= 0.6 is 0 Å². The summed E-state index contributed by atoms with van der Waals surface area (Å²) in [6.07, 6.45) is 4.05. The molecule has 0 spiro atoms. The van der Waals surface area contributed by atoms with E-state index >= 15 is 0 Å². The molecule has 0 aliphatic heterocycles. The molecule has 5 heteroatoms. The van der Waals surface area contributed by atoms with Gasteiger partial charge in [-0.2, -0.15) is 5.10 Å². The first-order chi connectivity index (χ1) is 5.71. The normalized spacial score (nSPS) is 21.4. The molecule has 1 saturated carbocycles. The topological polar surface area (TPSA) is 87.6 Å². The summed E-state index contributed by atoms with van der Waals surface area (Å²) in [6.45, 7) is 0. The van der Waals surface area contributed by atoms with Crippen LogP contribution in [0.1, 0.15) is 31.5 Å². The van der Waals surface area contributed by atoms with Crippen LogP contribution in [0.25, 0.3) is 0 Å². The van der Waals surface area contributed by atoms with Gasteiger partial charge in [0.2, 0.25) is 0 Å². The molecule has 0 radical (unpaired) electrons. The number of H-pyrrole nitrogens is 2. The smallest absolute Gasteiger partial charge is 0.319 e. The van der Waals surface area contributed by atoms with Gasteiger partial charge in [-0.15, -0.1) is 0 Å². The summed E-state index contributed by atoms with van der Waals surface area (Å²) in [5.41, 5.74) is 5.38. The van der Waals surface area contributed by atoms with Crippen molar-refractivity contribution in [1.82, 2.24) is 15.2 Å². The molecule has 1 aromatic rings. The van der Waals surface area contributed by atoms with Crippen LogP contribution in [-0.4, -0.2) is 15.2 Å². The number of nitrogens with two attached hydrogens (primary N) is 1. The highest BCUT2D eigenvalue weighted by atomic mass is 16.1. The lowest BCUT2D eigenvalue weighted by molar-refractivity contribution is 0.433. The Balaban J connectivity index is 2.34. The van der Waals surface area contributed by atoms with E-state index in [9.17, 15) is 4.79 Å². The van der Waals surface area contributed by atoms with Crippen molar-refractivity contribution in [3.63, 3.8) is 0 Å². The highest BCUT2D eigenvalue weighted by molar-refractivity contribution is 5.05. The Kier molecular flexibility index (Phi) is 1.54. The number of hydrogen-bond acceptors (Lipinski definition) is 3. The van der Waals surface area contributed by atoms with E-state index in [0.29, 0.717) is 5.82 Å². The van der Waals surface area contributed by atoms with Crippen LogP contribution < -0.4 is 11.4 Å². The lowest BCUT2D eigenvalue weighted by atomic mass is 9.99. The van der Waals surface area contributed by atoms with Crippen molar-refractivity contribution in [1.29, 1.82) is 0 Å². The third-order valence-electron chi connectivity index (χ3n) is 2.47. The van der Waals surface area contributed by atoms with Gasteiger partial charge >= 0.3 is 5.69 Å². The standard InChI is InChI=1S/C7H12N4O/c8-7(3-1-2-4-7)5-9-6(12)11-10-5/h1-4,8H2,(H2,9,10,11,12). The second-order valence-corrected chi connectivity index (χ2v) is 3.39. The quantitative estimate of drug-likeness (QED) is 0.543. The molecule has 0 aromatic carbocycles. The minimum Gasteiger partial charge on any atom is -0.319 e. The van der Waals surface area contributed by atoms with Crippen molar-refractivity contribution in [2.75, 3.05) is 0 Å². The first-order valence-electron chi connectivity index (χ1n) is 4.15. The van der Waals surface area contributed by atoms with E-state index in [2.05, 4.69) is 15.2 Å². The number of aromatic amines is 2. The summed E-state index contributed by atoms with van der Waals surface area (Å²) in [6, 6.07) is 0. The maximum absolute atomic E-state index is 10.8. The molecule has 0 atom stereocenters. The predicted molar refractivity (Wildman–Crippen MR) is 43.5 cm³/mol. The van der Waals surface area contributed by atoms with E-state index < -0.39 is 0 Å². The zero-order valence-corrected chi connectivity index (χ0v) is 6.76. The predicted octanol–water partition coefficient (Wildman–Crippen LogP) is -0.174. The first-order valence-corrected chi connectivity index (χ1v) is 4.15. The second kappa shape index (κ2) is 2.45. The van der Waals surface area contributed by atoms with Gasteiger partial charge in [-0.25, -0.2) is 9.89 Å². The van der Waals surface area contributed by atoms with E-state index in [1.165, 1.54) is 0 Å². The highest BCUT2D eigenvalue weighted by Crippen LogP contribution is 2.33. The van der Waals surface area contributed by atoms with Crippen LogP contribution in [0.15, 0.2) is 4.79 Å². The molecular weight excluding hydrogens is 156 g/mol. The SMILES string of the molecule is NC1(c2n[nH]c(=O)[nH]2)CCCC1. The average Bonchev–Trinajstić information content (AvgIpc) is 2.59. The maximum atomic E-state index is 10.8. The average molecular weight is 168 g/mol. The Morgan fingerprint density at radius 2 is 2.08 bits per heavy atom. The molecule has 4 N–H and O–H groups in total. The molecule has 0 unspecified atom stereocenters. The van der Waals surface area contributed by atoms with E-state index in [-0.39, 0.29) is 11.2 Å². The summed E-state index contributed by atoms with van der Waals surface area (Å²) < 4.78 is 0. The number of rotatable bonds is 1. The van der Waals surface area contributed by atoms with Crippen LogP contribution in [0.2, 0.25) is 0 Å². The van der Waals surface area contributed by atoms with Gasteiger partial charge in [-0.3, -0.25) is 4.98 Å². The van der Waals surface area contributed by atoms with Crippen LogP contribution in [0.4, 0.5) is 0 Å². The molecule has 1 aliphatic carbocycles. The summed E-state index contributed by atoms with van der Waals surface area (Å²) in [5.74, 6) is 0.602. The summed E-state index contributed by atoms with van der Waals surface area (Å²) >= 11 is 0. The summed E-state index contributed by atoms with van der Waals surface area (Å²) in [5, 5.41) is 6.18. The van der Waals surface area contributed by atoms with Gasteiger partial charge in [-0.1, -0.05) is 12.8 Å². The van der Waals surface area contributed by atoms with Gasteiger partial charge in [0, 0.05) is 0 Å². The Hall–Kier alpha value is -1.10. The Morgan fingerprint density at radius 1 is 1.42 bits per heavy atom. The molecule has 0 amide bonds. The third kappa shape index (κ3) is 1.06. The third-order valence-corrected chi connectivity index (χ3v) is 2.47. The van der Waals surface area contributed by atoms with Crippen molar-refractivity contribution in [2.24, 2.45) is 5.73 Å². The maximum Gasteiger partial charge on any atom is 0.340 e. The van der Waals surface area contributed by atoms with Crippen LogP contribution in [-0.2, 0) is 5.54 Å². The minimum atomic E-state index is -0.390. The van der Waals surface area contributed by atoms with E-state index in [4.69, 9.17) is 5.73 Å². The van der Waals surface area contributed by atoms with Gasteiger partial charge in [0.05, 0.1) is 5.54 Å². The monoisotopic (exact) mass is 168 g/mol. The van der Waals surface area contributed by atoms with Crippen LogP contribution in [0, 0.1) is 0 Å². The molecule has 0 bridgehead atoms. The van der Waals surface area contributed by atoms with Crippen molar-refractivity contribution in [3.05, 3.63) is 16.3 Å². The largest absolute Gasteiger partial charge is 0.340 e. The fourth-order valence-corrected chi connectivity index (χ4v) is 1.75. The van der Waals surface area contributed by atoms with Gasteiger partial charge in [0.15, 0.2) is 5.82 Å². The zero-order valence-electron chi connectivity index (χ0n) is 6.76. The molecule has 1 heterocycles. The molecule has 0 saturated heterocycles. The number of nitrogens with one attached hydrogen (secondary N) is 2. The van der Waals surface area contributed by atoms with Gasteiger partial charge in [-0.05, 0) is 12.8 Å². The van der Waals surface area contributed by atoms with E-state index in [0.717, 1.165) is 25.7 Å². The number of nitrogens with zero attached hydrogens (tertiary/aromatic N) is 1. The molecule has 1 aromatic heterocycles. The Morgan fingerprint density at radius 3 is 2.58 bits per heavy atom. The molecular formula is C7H12N4O. The molecule has 66 valence electrons. The lowest BCUT2D eigenvalue weighted by Gasteiger charge is -2.18. The van der Waals surface area contributed by atoms with Crippen molar-refractivity contribution in [2.45, 2.75) is 31.2 Å².